The van der Waals surface area contributed by atoms with Crippen LogP contribution in [-0.2, 0) is 24.2 Å². The predicted octanol–water partition coefficient (Wildman–Crippen LogP) is 1.57. The lowest BCUT2D eigenvalue weighted by Gasteiger charge is -2.15. The molecule has 1 N–H and O–H groups in total. The van der Waals surface area contributed by atoms with Gasteiger partial charge in [-0.2, -0.15) is 0 Å². The molecule has 2 aromatic rings. The minimum Gasteiger partial charge on any atom is -0.376 e. The number of H-pyrrole nitrogens is 1. The van der Waals surface area contributed by atoms with Gasteiger partial charge in [0.2, 0.25) is 0 Å². The first-order chi connectivity index (χ1) is 9.22. The highest BCUT2D eigenvalue weighted by atomic mass is 19.1. The number of nitrogens with zero attached hydrogens (tertiary/aromatic N) is 1. The molecule has 5 heteroatoms. The average Bonchev–Trinajstić information content (AvgIpc) is 2.39. The Hall–Kier alpha value is -2.01. The zero-order valence-corrected chi connectivity index (χ0v) is 10.3. The Morgan fingerprint density at radius 2 is 2.32 bits per heavy atom. The number of hydrogen-bond donors (Lipinski definition) is 1. The van der Waals surface area contributed by atoms with Crippen molar-refractivity contribution in [3.05, 3.63) is 63.1 Å². The van der Waals surface area contributed by atoms with E-state index >= 15 is 0 Å². The van der Waals surface area contributed by atoms with E-state index < -0.39 is 0 Å². The van der Waals surface area contributed by atoms with Crippen molar-refractivity contribution in [3.8, 4) is 0 Å². The molecule has 1 aromatic carbocycles. The van der Waals surface area contributed by atoms with Crippen molar-refractivity contribution in [1.29, 1.82) is 0 Å². The molecule has 1 aliphatic rings. The Kier molecular flexibility index (Phi) is 3.13. The summed E-state index contributed by atoms with van der Waals surface area (Å²) in [5.74, 6) is 0.280. The zero-order valence-electron chi connectivity index (χ0n) is 10.3. The normalized spacial score (nSPS) is 14.2. The Bertz CT molecular complexity index is 667. The van der Waals surface area contributed by atoms with Gasteiger partial charge in [-0.25, -0.2) is 9.37 Å². The van der Waals surface area contributed by atoms with Crippen molar-refractivity contribution in [1.82, 2.24) is 9.97 Å². The molecule has 0 unspecified atom stereocenters. The summed E-state index contributed by atoms with van der Waals surface area (Å²) in [6.07, 6.45) is 1.07. The molecule has 3 rings (SSSR count). The molecule has 0 spiro atoms. The number of ether oxygens (including phenoxy) is 1. The monoisotopic (exact) mass is 260 g/mol. The third-order valence-electron chi connectivity index (χ3n) is 3.14. The topological polar surface area (TPSA) is 55.0 Å². The third-order valence-corrected chi connectivity index (χ3v) is 3.14. The number of aromatic nitrogens is 2. The smallest absolute Gasteiger partial charge is 0.256 e. The van der Waals surface area contributed by atoms with Crippen LogP contribution in [0.4, 0.5) is 4.39 Å². The summed E-state index contributed by atoms with van der Waals surface area (Å²) < 4.78 is 18.4. The zero-order chi connectivity index (χ0) is 13.2. The highest BCUT2D eigenvalue weighted by Crippen LogP contribution is 2.12. The molecule has 2 heterocycles. The molecule has 0 saturated heterocycles. The maximum Gasteiger partial charge on any atom is 0.256 e. The van der Waals surface area contributed by atoms with Crippen LogP contribution in [0.3, 0.4) is 0 Å². The van der Waals surface area contributed by atoms with Crippen molar-refractivity contribution >= 4 is 0 Å². The SMILES string of the molecule is O=c1[nH]c(Cc2cccc(F)c2)nc2c1COCC2. The molecule has 1 aliphatic heterocycles. The van der Waals surface area contributed by atoms with Gasteiger partial charge in [0.25, 0.3) is 5.56 Å². The lowest BCUT2D eigenvalue weighted by Crippen LogP contribution is -2.25. The lowest BCUT2D eigenvalue weighted by atomic mass is 10.1. The van der Waals surface area contributed by atoms with Crippen LogP contribution in [0.5, 0.6) is 0 Å². The summed E-state index contributed by atoms with van der Waals surface area (Å²) in [5, 5.41) is 0. The minimum absolute atomic E-state index is 0.156. The fraction of sp³-hybridized carbons (Fsp3) is 0.286. The summed E-state index contributed by atoms with van der Waals surface area (Å²) in [5.41, 5.74) is 2.03. The highest BCUT2D eigenvalue weighted by molar-refractivity contribution is 5.23. The molecule has 98 valence electrons. The van der Waals surface area contributed by atoms with Crippen molar-refractivity contribution in [2.45, 2.75) is 19.4 Å². The molecule has 0 aliphatic carbocycles. The van der Waals surface area contributed by atoms with E-state index in [2.05, 4.69) is 9.97 Å². The van der Waals surface area contributed by atoms with Crippen LogP contribution in [0, 0.1) is 5.82 Å². The van der Waals surface area contributed by atoms with E-state index in [0.29, 0.717) is 37.4 Å². The van der Waals surface area contributed by atoms with Crippen LogP contribution in [0.2, 0.25) is 0 Å². The van der Waals surface area contributed by atoms with Gasteiger partial charge in [-0.05, 0) is 17.7 Å². The van der Waals surface area contributed by atoms with Gasteiger partial charge < -0.3 is 9.72 Å². The van der Waals surface area contributed by atoms with Gasteiger partial charge >= 0.3 is 0 Å². The fourth-order valence-electron chi connectivity index (χ4n) is 2.22. The van der Waals surface area contributed by atoms with Crippen LogP contribution in [0.15, 0.2) is 29.1 Å². The van der Waals surface area contributed by atoms with Gasteiger partial charge in [-0.15, -0.1) is 0 Å². The van der Waals surface area contributed by atoms with Gasteiger partial charge in [-0.3, -0.25) is 4.79 Å². The maximum absolute atomic E-state index is 13.1. The molecule has 19 heavy (non-hydrogen) atoms. The van der Waals surface area contributed by atoms with E-state index in [1.54, 1.807) is 6.07 Å². The number of rotatable bonds is 2. The first kappa shape index (κ1) is 12.0. The van der Waals surface area contributed by atoms with Gasteiger partial charge in [0, 0.05) is 12.8 Å². The second-order valence-corrected chi connectivity index (χ2v) is 4.55. The maximum atomic E-state index is 13.1. The molecule has 1 aromatic heterocycles. The first-order valence-corrected chi connectivity index (χ1v) is 6.15. The van der Waals surface area contributed by atoms with E-state index in [9.17, 15) is 9.18 Å². The van der Waals surface area contributed by atoms with Crippen LogP contribution >= 0.6 is 0 Å². The summed E-state index contributed by atoms with van der Waals surface area (Å²) in [4.78, 5) is 19.1. The number of aromatic amines is 1. The number of benzene rings is 1. The number of halogens is 1. The molecule has 4 nitrogen and oxygen atoms in total. The summed E-state index contributed by atoms with van der Waals surface area (Å²) in [7, 11) is 0. The van der Waals surface area contributed by atoms with E-state index in [0.717, 1.165) is 11.3 Å². The first-order valence-electron chi connectivity index (χ1n) is 6.15. The molecular weight excluding hydrogens is 247 g/mol. The van der Waals surface area contributed by atoms with Gasteiger partial charge in [-0.1, -0.05) is 12.1 Å². The highest BCUT2D eigenvalue weighted by Gasteiger charge is 2.15. The molecule has 0 saturated carbocycles. The third kappa shape index (κ3) is 2.56. The van der Waals surface area contributed by atoms with Crippen molar-refractivity contribution < 1.29 is 9.13 Å². The Morgan fingerprint density at radius 1 is 1.42 bits per heavy atom. The molecule has 0 amide bonds. The van der Waals surface area contributed by atoms with E-state index in [1.807, 2.05) is 6.07 Å². The number of fused-ring (bicyclic) bond motifs is 1. The van der Waals surface area contributed by atoms with Crippen molar-refractivity contribution in [3.63, 3.8) is 0 Å². The fourth-order valence-corrected chi connectivity index (χ4v) is 2.22. The van der Waals surface area contributed by atoms with Crippen molar-refractivity contribution in [2.24, 2.45) is 0 Å². The largest absolute Gasteiger partial charge is 0.376 e. The summed E-state index contributed by atoms with van der Waals surface area (Å²) in [6, 6.07) is 6.30. The van der Waals surface area contributed by atoms with Crippen molar-refractivity contribution in [2.75, 3.05) is 6.61 Å². The summed E-state index contributed by atoms with van der Waals surface area (Å²) in [6.45, 7) is 0.904. The number of hydrogen-bond acceptors (Lipinski definition) is 3. The quantitative estimate of drug-likeness (QED) is 0.891. The lowest BCUT2D eigenvalue weighted by molar-refractivity contribution is 0.108. The molecule has 0 atom stereocenters. The van der Waals surface area contributed by atoms with Crippen LogP contribution in [0.25, 0.3) is 0 Å². The van der Waals surface area contributed by atoms with Crippen LogP contribution in [0.1, 0.15) is 22.6 Å². The Labute approximate surface area is 109 Å². The van der Waals surface area contributed by atoms with E-state index in [1.165, 1.54) is 12.1 Å². The standard InChI is InChI=1S/C14H13FN2O2/c15-10-3-1-2-9(6-10)7-13-16-12-4-5-19-8-11(12)14(18)17-13/h1-3,6H,4-5,7-8H2,(H,16,17,18). The predicted molar refractivity (Wildman–Crippen MR) is 67.4 cm³/mol. The second kappa shape index (κ2) is 4.93. The second-order valence-electron chi connectivity index (χ2n) is 4.55. The Balaban J connectivity index is 1.94. The minimum atomic E-state index is -0.286. The molecule has 0 bridgehead atoms. The van der Waals surface area contributed by atoms with Gasteiger partial charge in [0.1, 0.15) is 11.6 Å². The van der Waals surface area contributed by atoms with Gasteiger partial charge in [0.15, 0.2) is 0 Å². The molecule has 0 fully saturated rings. The summed E-state index contributed by atoms with van der Waals surface area (Å²) >= 11 is 0. The van der Waals surface area contributed by atoms with Gasteiger partial charge in [0.05, 0.1) is 24.5 Å². The van der Waals surface area contributed by atoms with Crippen LogP contribution < -0.4 is 5.56 Å². The number of nitrogens with one attached hydrogen (secondary N) is 1. The van der Waals surface area contributed by atoms with E-state index in [4.69, 9.17) is 4.74 Å². The average molecular weight is 260 g/mol. The van der Waals surface area contributed by atoms with E-state index in [-0.39, 0.29) is 11.4 Å². The van der Waals surface area contributed by atoms with Crippen LogP contribution in [-0.4, -0.2) is 16.6 Å². The molecule has 0 radical (unpaired) electrons. The Morgan fingerprint density at radius 3 is 3.16 bits per heavy atom. The molecular formula is C14H13FN2O2.